The summed E-state index contributed by atoms with van der Waals surface area (Å²) in [4.78, 5) is 33.3. The van der Waals surface area contributed by atoms with Crippen LogP contribution in [-0.2, 0) is 16.0 Å². The van der Waals surface area contributed by atoms with Crippen molar-refractivity contribution in [1.82, 2.24) is 9.97 Å². The van der Waals surface area contributed by atoms with E-state index in [4.69, 9.17) is 4.74 Å². The summed E-state index contributed by atoms with van der Waals surface area (Å²) in [5.74, 6) is -0.177. The molecule has 3 aromatic rings. The number of thioether (sulfide) groups is 1. The second-order valence-electron chi connectivity index (χ2n) is 5.38. The average molecular weight is 358 g/mol. The summed E-state index contributed by atoms with van der Waals surface area (Å²) in [5, 5.41) is 1.11. The van der Waals surface area contributed by atoms with Gasteiger partial charge in [-0.15, -0.1) is 11.3 Å². The molecule has 4 rings (SSSR count). The highest BCUT2D eigenvalue weighted by Gasteiger charge is 2.26. The molecule has 0 saturated heterocycles. The summed E-state index contributed by atoms with van der Waals surface area (Å²) in [6, 6.07) is 8.15. The van der Waals surface area contributed by atoms with Gasteiger partial charge in [0.25, 0.3) is 5.56 Å². The molecule has 1 aliphatic rings. The molecule has 1 aliphatic carbocycles. The zero-order valence-electron chi connectivity index (χ0n) is 12.9. The Bertz CT molecular complexity index is 1010. The fourth-order valence-corrected chi connectivity index (χ4v) is 4.86. The number of carbonyl (C=O) groups is 1. The van der Waals surface area contributed by atoms with Gasteiger partial charge in [0.15, 0.2) is 5.16 Å². The van der Waals surface area contributed by atoms with E-state index >= 15 is 0 Å². The summed E-state index contributed by atoms with van der Waals surface area (Å²) >= 11 is 2.74. The van der Waals surface area contributed by atoms with E-state index in [0.29, 0.717) is 17.1 Å². The number of ether oxygens (including phenoxy) is 1. The molecular weight excluding hydrogens is 344 g/mol. The number of hydrogen-bond acceptors (Lipinski definition) is 6. The van der Waals surface area contributed by atoms with Crippen LogP contribution in [0, 0.1) is 0 Å². The summed E-state index contributed by atoms with van der Waals surface area (Å²) < 4.78 is 4.89. The predicted octanol–water partition coefficient (Wildman–Crippen LogP) is 3.21. The molecule has 0 unspecified atom stereocenters. The quantitative estimate of drug-likeness (QED) is 0.344. The first-order valence-electron chi connectivity index (χ1n) is 7.59. The van der Waals surface area contributed by atoms with Crippen LogP contribution in [0.3, 0.4) is 0 Å². The van der Waals surface area contributed by atoms with E-state index in [-0.39, 0.29) is 17.3 Å². The van der Waals surface area contributed by atoms with Crippen LogP contribution in [0.25, 0.3) is 21.3 Å². The minimum atomic E-state index is -0.312. The van der Waals surface area contributed by atoms with Crippen LogP contribution in [-0.4, -0.2) is 28.3 Å². The molecule has 2 heterocycles. The molecule has 2 aromatic heterocycles. The van der Waals surface area contributed by atoms with Crippen molar-refractivity contribution in [3.8, 4) is 11.1 Å². The molecule has 0 atom stereocenters. The third-order valence-corrected chi connectivity index (χ3v) is 5.81. The first-order valence-corrected chi connectivity index (χ1v) is 9.40. The Balaban J connectivity index is 1.73. The van der Waals surface area contributed by atoms with Crippen molar-refractivity contribution in [3.63, 3.8) is 0 Å². The molecule has 1 N–H and O–H groups in total. The number of fused-ring (bicyclic) bond motifs is 5. The Morgan fingerprint density at radius 3 is 3.08 bits per heavy atom. The molecule has 1 aromatic carbocycles. The lowest BCUT2D eigenvalue weighted by Gasteiger charge is -2.03. The minimum absolute atomic E-state index is 0.135. The average Bonchev–Trinajstić information content (AvgIpc) is 3.08. The predicted molar refractivity (Wildman–Crippen MR) is 95.8 cm³/mol. The van der Waals surface area contributed by atoms with E-state index in [2.05, 4.69) is 22.1 Å². The van der Waals surface area contributed by atoms with E-state index in [1.54, 1.807) is 18.3 Å². The Morgan fingerprint density at radius 1 is 1.42 bits per heavy atom. The number of nitrogens with one attached hydrogen (secondary N) is 1. The fraction of sp³-hybridized carbons (Fsp3) is 0.235. The Kier molecular flexibility index (Phi) is 3.90. The summed E-state index contributed by atoms with van der Waals surface area (Å²) in [5.41, 5.74) is 3.24. The normalized spacial score (nSPS) is 12.2. The van der Waals surface area contributed by atoms with Crippen LogP contribution >= 0.6 is 23.1 Å². The number of carbonyl (C=O) groups excluding carboxylic acids is 1. The summed E-state index contributed by atoms with van der Waals surface area (Å²) in [6.45, 7) is 2.11. The minimum Gasteiger partial charge on any atom is -0.465 e. The highest BCUT2D eigenvalue weighted by atomic mass is 32.2. The van der Waals surface area contributed by atoms with Gasteiger partial charge in [-0.1, -0.05) is 36.0 Å². The number of aromatic amines is 1. The van der Waals surface area contributed by atoms with E-state index in [1.807, 2.05) is 12.1 Å². The third kappa shape index (κ3) is 2.53. The number of benzene rings is 1. The number of thiophene rings is 1. The molecule has 7 heteroatoms. The van der Waals surface area contributed by atoms with Gasteiger partial charge in [-0.3, -0.25) is 9.59 Å². The molecular formula is C17H14N2O3S2. The molecule has 5 nitrogen and oxygen atoms in total. The highest BCUT2D eigenvalue weighted by molar-refractivity contribution is 7.99. The van der Waals surface area contributed by atoms with Crippen LogP contribution in [0.4, 0.5) is 0 Å². The maximum absolute atomic E-state index is 12.6. The van der Waals surface area contributed by atoms with E-state index in [9.17, 15) is 9.59 Å². The van der Waals surface area contributed by atoms with Crippen LogP contribution in [0.5, 0.6) is 0 Å². The van der Waals surface area contributed by atoms with Gasteiger partial charge in [0, 0.05) is 16.9 Å². The monoisotopic (exact) mass is 358 g/mol. The molecule has 0 fully saturated rings. The van der Waals surface area contributed by atoms with Gasteiger partial charge in [0.05, 0.1) is 17.7 Å². The SMILES string of the molecule is CCOC(=O)CSc1nc2sc3c(c2c(=O)[nH]1)-c1ccccc1C3. The van der Waals surface area contributed by atoms with Crippen molar-refractivity contribution in [1.29, 1.82) is 0 Å². The maximum atomic E-state index is 12.6. The van der Waals surface area contributed by atoms with E-state index in [1.165, 1.54) is 22.2 Å². The smallest absolute Gasteiger partial charge is 0.316 e. The lowest BCUT2D eigenvalue weighted by molar-refractivity contribution is -0.139. The molecule has 0 amide bonds. The molecule has 0 aliphatic heterocycles. The second kappa shape index (κ2) is 6.07. The van der Waals surface area contributed by atoms with Crippen molar-refractivity contribution in [3.05, 3.63) is 45.1 Å². The summed E-state index contributed by atoms with van der Waals surface area (Å²) in [6.07, 6.45) is 0.845. The molecule has 0 bridgehead atoms. The number of rotatable bonds is 4. The molecule has 0 saturated carbocycles. The van der Waals surface area contributed by atoms with Crippen LogP contribution in [0.15, 0.2) is 34.2 Å². The van der Waals surface area contributed by atoms with Gasteiger partial charge in [0.1, 0.15) is 4.83 Å². The van der Waals surface area contributed by atoms with Gasteiger partial charge >= 0.3 is 5.97 Å². The second-order valence-corrected chi connectivity index (χ2v) is 7.43. The number of esters is 1. The van der Waals surface area contributed by atoms with Crippen molar-refractivity contribution >= 4 is 39.3 Å². The topological polar surface area (TPSA) is 72.0 Å². The van der Waals surface area contributed by atoms with Crippen molar-refractivity contribution < 1.29 is 9.53 Å². The van der Waals surface area contributed by atoms with Crippen LogP contribution in [0.2, 0.25) is 0 Å². The van der Waals surface area contributed by atoms with Gasteiger partial charge in [-0.2, -0.15) is 0 Å². The fourth-order valence-electron chi connectivity index (χ4n) is 2.93. The zero-order chi connectivity index (χ0) is 16.7. The maximum Gasteiger partial charge on any atom is 0.316 e. The Morgan fingerprint density at radius 2 is 2.25 bits per heavy atom. The molecule has 0 radical (unpaired) electrons. The Hall–Kier alpha value is -2.12. The van der Waals surface area contributed by atoms with Crippen molar-refractivity contribution in [2.45, 2.75) is 18.5 Å². The third-order valence-electron chi connectivity index (χ3n) is 3.88. The highest BCUT2D eigenvalue weighted by Crippen LogP contribution is 2.44. The van der Waals surface area contributed by atoms with Gasteiger partial charge in [-0.25, -0.2) is 4.98 Å². The number of nitrogens with zero attached hydrogens (tertiary/aromatic N) is 1. The first-order chi connectivity index (χ1) is 11.7. The molecule has 122 valence electrons. The lowest BCUT2D eigenvalue weighted by atomic mass is 10.1. The van der Waals surface area contributed by atoms with Gasteiger partial charge < -0.3 is 9.72 Å². The number of H-pyrrole nitrogens is 1. The summed E-state index contributed by atoms with van der Waals surface area (Å²) in [7, 11) is 0. The van der Waals surface area contributed by atoms with Crippen molar-refractivity contribution in [2.75, 3.05) is 12.4 Å². The molecule has 0 spiro atoms. The first kappa shape index (κ1) is 15.4. The Labute approximate surface area is 146 Å². The van der Waals surface area contributed by atoms with Crippen LogP contribution in [0.1, 0.15) is 17.4 Å². The molecule has 24 heavy (non-hydrogen) atoms. The van der Waals surface area contributed by atoms with Crippen molar-refractivity contribution in [2.24, 2.45) is 0 Å². The standard InChI is InChI=1S/C17H14N2O3S2/c1-2-22-12(20)8-23-17-18-15(21)14-13-10-6-4-3-5-9(10)7-11(13)24-16(14)19-17/h3-6H,2,7-8H2,1H3,(H,18,19,21). The number of hydrogen-bond donors (Lipinski definition) is 1. The van der Waals surface area contributed by atoms with Gasteiger partial charge in [-0.05, 0) is 18.1 Å². The number of aromatic nitrogens is 2. The zero-order valence-corrected chi connectivity index (χ0v) is 14.6. The largest absolute Gasteiger partial charge is 0.465 e. The van der Waals surface area contributed by atoms with Gasteiger partial charge in [0.2, 0.25) is 0 Å². The lowest BCUT2D eigenvalue weighted by Crippen LogP contribution is -2.11. The van der Waals surface area contributed by atoms with E-state index in [0.717, 1.165) is 22.4 Å². The van der Waals surface area contributed by atoms with E-state index < -0.39 is 0 Å². The van der Waals surface area contributed by atoms with Crippen LogP contribution < -0.4 is 5.56 Å².